The molecule has 1 rings (SSSR count). The molecule has 0 aliphatic rings. The van der Waals surface area contributed by atoms with E-state index in [2.05, 4.69) is 20.9 Å². The Morgan fingerprint density at radius 3 is 2.56 bits per heavy atom. The summed E-state index contributed by atoms with van der Waals surface area (Å²) in [6.07, 6.45) is -1.23. The first kappa shape index (κ1) is 7.08. The van der Waals surface area contributed by atoms with Crippen LogP contribution in [0.25, 0.3) is 0 Å². The van der Waals surface area contributed by atoms with Crippen LogP contribution in [-0.2, 0) is 0 Å². The van der Waals surface area contributed by atoms with Crippen molar-refractivity contribution < 1.29 is 8.78 Å². The largest absolute Gasteiger partial charge is 0.274 e. The Bertz CT molecular complexity index is 200. The van der Waals surface area contributed by atoms with Gasteiger partial charge in [0.15, 0.2) is 3.92 Å². The second-order valence-electron chi connectivity index (χ2n) is 1.32. The molecule has 0 aliphatic heterocycles. The van der Waals surface area contributed by atoms with Gasteiger partial charge in [-0.15, -0.1) is 11.3 Å². The number of thiazole rings is 1. The van der Waals surface area contributed by atoms with Crippen LogP contribution in [0.2, 0.25) is 0 Å². The second-order valence-corrected chi connectivity index (χ2v) is 3.65. The van der Waals surface area contributed by atoms with Crippen molar-refractivity contribution in [2.24, 2.45) is 0 Å². The Balaban J connectivity index is 2.85. The van der Waals surface area contributed by atoms with Gasteiger partial charge in [-0.25, -0.2) is 13.8 Å². The molecular formula is C4H2BrF2NS. The van der Waals surface area contributed by atoms with Crippen molar-refractivity contribution in [2.45, 2.75) is 6.43 Å². The molecule has 0 bridgehead atoms. The zero-order chi connectivity index (χ0) is 6.85. The van der Waals surface area contributed by atoms with Crippen molar-refractivity contribution in [3.05, 3.63) is 15.0 Å². The molecule has 0 aromatic carbocycles. The van der Waals surface area contributed by atoms with Crippen molar-refractivity contribution in [3.63, 3.8) is 0 Å². The number of rotatable bonds is 1. The molecule has 0 saturated heterocycles. The standard InChI is InChI=1S/C4H2BrF2NS/c5-4-8-1-2(9-4)3(6)7/h1,3H. The van der Waals surface area contributed by atoms with E-state index >= 15 is 0 Å². The van der Waals surface area contributed by atoms with Crippen molar-refractivity contribution in [1.82, 2.24) is 4.98 Å². The second kappa shape index (κ2) is 2.70. The van der Waals surface area contributed by atoms with Crippen LogP contribution in [0.15, 0.2) is 10.1 Å². The van der Waals surface area contributed by atoms with Gasteiger partial charge in [-0.2, -0.15) is 0 Å². The molecule has 50 valence electrons. The van der Waals surface area contributed by atoms with Crippen molar-refractivity contribution in [1.29, 1.82) is 0 Å². The number of hydrogen-bond acceptors (Lipinski definition) is 2. The van der Waals surface area contributed by atoms with Gasteiger partial charge in [0.25, 0.3) is 6.43 Å². The van der Waals surface area contributed by atoms with E-state index in [9.17, 15) is 8.78 Å². The van der Waals surface area contributed by atoms with Crippen LogP contribution in [0.4, 0.5) is 8.78 Å². The average Bonchev–Trinajstić information content (AvgIpc) is 2.14. The molecule has 1 nitrogen and oxygen atoms in total. The lowest BCUT2D eigenvalue weighted by molar-refractivity contribution is 0.155. The smallest absolute Gasteiger partial charge is 0.237 e. The highest BCUT2D eigenvalue weighted by Gasteiger charge is 2.09. The van der Waals surface area contributed by atoms with Crippen LogP contribution >= 0.6 is 27.3 Å². The maximum atomic E-state index is 11.7. The fraction of sp³-hybridized carbons (Fsp3) is 0.250. The fourth-order valence-electron chi connectivity index (χ4n) is 0.365. The van der Waals surface area contributed by atoms with Crippen molar-refractivity contribution >= 4 is 27.3 Å². The molecule has 5 heteroatoms. The van der Waals surface area contributed by atoms with Gasteiger partial charge in [-0.1, -0.05) is 0 Å². The maximum Gasteiger partial charge on any atom is 0.274 e. The first-order valence-electron chi connectivity index (χ1n) is 2.09. The molecule has 0 fully saturated rings. The first-order valence-corrected chi connectivity index (χ1v) is 3.70. The molecular weight excluding hydrogens is 212 g/mol. The third-order valence-corrected chi connectivity index (χ3v) is 2.19. The number of nitrogens with zero attached hydrogens (tertiary/aromatic N) is 1. The average molecular weight is 214 g/mol. The molecule has 0 atom stereocenters. The van der Waals surface area contributed by atoms with E-state index in [0.29, 0.717) is 3.92 Å². The zero-order valence-corrected chi connectivity index (χ0v) is 6.55. The fourth-order valence-corrected chi connectivity index (χ4v) is 1.52. The number of aromatic nitrogens is 1. The van der Waals surface area contributed by atoms with Crippen LogP contribution < -0.4 is 0 Å². The van der Waals surface area contributed by atoms with Crippen LogP contribution in [0, 0.1) is 0 Å². The molecule has 0 saturated carbocycles. The molecule has 1 heterocycles. The summed E-state index contributed by atoms with van der Waals surface area (Å²) in [6, 6.07) is 0. The van der Waals surface area contributed by atoms with Gasteiger partial charge in [0.2, 0.25) is 0 Å². The zero-order valence-electron chi connectivity index (χ0n) is 4.14. The summed E-state index contributed by atoms with van der Waals surface area (Å²) < 4.78 is 24.0. The topological polar surface area (TPSA) is 12.9 Å². The van der Waals surface area contributed by atoms with Gasteiger partial charge in [0.1, 0.15) is 0 Å². The van der Waals surface area contributed by atoms with E-state index in [1.54, 1.807) is 0 Å². The number of halogens is 3. The summed E-state index contributed by atoms with van der Waals surface area (Å²) in [5.41, 5.74) is 0. The molecule has 0 amide bonds. The molecule has 0 aliphatic carbocycles. The summed E-state index contributed by atoms with van der Waals surface area (Å²) in [6.45, 7) is 0. The lowest BCUT2D eigenvalue weighted by Crippen LogP contribution is -1.72. The lowest BCUT2D eigenvalue weighted by Gasteiger charge is -1.86. The first-order chi connectivity index (χ1) is 4.20. The van der Waals surface area contributed by atoms with Gasteiger partial charge < -0.3 is 0 Å². The Morgan fingerprint density at radius 2 is 2.33 bits per heavy atom. The summed E-state index contributed by atoms with van der Waals surface area (Å²) in [5, 5.41) is 0. The SMILES string of the molecule is FC(F)c1cnc(Br)s1. The summed E-state index contributed by atoms with van der Waals surface area (Å²) in [7, 11) is 0. The molecule has 0 N–H and O–H groups in total. The van der Waals surface area contributed by atoms with Crippen LogP contribution in [0.5, 0.6) is 0 Å². The van der Waals surface area contributed by atoms with Crippen molar-refractivity contribution in [2.75, 3.05) is 0 Å². The molecule has 0 radical (unpaired) electrons. The molecule has 0 unspecified atom stereocenters. The van der Waals surface area contributed by atoms with Gasteiger partial charge in [-0.3, -0.25) is 0 Å². The molecule has 1 aromatic heterocycles. The normalized spacial score (nSPS) is 10.7. The predicted octanol–water partition coefficient (Wildman–Crippen LogP) is 2.84. The van der Waals surface area contributed by atoms with Gasteiger partial charge in [0.05, 0.1) is 4.88 Å². The van der Waals surface area contributed by atoms with Crippen LogP contribution in [-0.4, -0.2) is 4.98 Å². The maximum absolute atomic E-state index is 11.7. The van der Waals surface area contributed by atoms with E-state index in [-0.39, 0.29) is 4.88 Å². The predicted molar refractivity (Wildman–Crippen MR) is 34.8 cm³/mol. The van der Waals surface area contributed by atoms with Crippen LogP contribution in [0.1, 0.15) is 11.3 Å². The third kappa shape index (κ3) is 1.69. The van der Waals surface area contributed by atoms with E-state index in [1.807, 2.05) is 0 Å². The minimum absolute atomic E-state index is 0.00174. The number of alkyl halides is 2. The third-order valence-electron chi connectivity index (χ3n) is 0.710. The Hall–Kier alpha value is -0.0300. The highest BCUT2D eigenvalue weighted by molar-refractivity contribution is 9.11. The molecule has 1 aromatic rings. The monoisotopic (exact) mass is 213 g/mol. The van der Waals surface area contributed by atoms with E-state index in [4.69, 9.17) is 0 Å². The summed E-state index contributed by atoms with van der Waals surface area (Å²) in [4.78, 5) is 3.59. The van der Waals surface area contributed by atoms with Gasteiger partial charge in [0, 0.05) is 6.20 Å². The minimum Gasteiger partial charge on any atom is -0.237 e. The quantitative estimate of drug-likeness (QED) is 0.700. The lowest BCUT2D eigenvalue weighted by atomic mass is 10.6. The van der Waals surface area contributed by atoms with Gasteiger partial charge >= 0.3 is 0 Å². The van der Waals surface area contributed by atoms with E-state index in [1.165, 1.54) is 6.20 Å². The molecule has 0 spiro atoms. The van der Waals surface area contributed by atoms with E-state index in [0.717, 1.165) is 11.3 Å². The molecule has 9 heavy (non-hydrogen) atoms. The highest BCUT2D eigenvalue weighted by atomic mass is 79.9. The van der Waals surface area contributed by atoms with E-state index < -0.39 is 6.43 Å². The number of hydrogen-bond donors (Lipinski definition) is 0. The van der Waals surface area contributed by atoms with Crippen molar-refractivity contribution in [3.8, 4) is 0 Å². The summed E-state index contributed by atoms with van der Waals surface area (Å²) in [5.74, 6) is 0. The van der Waals surface area contributed by atoms with Gasteiger partial charge in [-0.05, 0) is 15.9 Å². The Kier molecular flexibility index (Phi) is 2.13. The highest BCUT2D eigenvalue weighted by Crippen LogP contribution is 2.27. The Labute approximate surface area is 62.9 Å². The Morgan fingerprint density at radius 1 is 1.67 bits per heavy atom. The minimum atomic E-state index is -2.39. The summed E-state index contributed by atoms with van der Waals surface area (Å²) >= 11 is 3.93. The van der Waals surface area contributed by atoms with Crippen LogP contribution in [0.3, 0.4) is 0 Å².